The number of carbonyl (C=O) groups is 1. The quantitative estimate of drug-likeness (QED) is 0.767. The minimum atomic E-state index is -0.513. The Labute approximate surface area is 108 Å². The first-order chi connectivity index (χ1) is 9.08. The fraction of sp³-hybridized carbons (Fsp3) is 0.308. The molecule has 0 unspecified atom stereocenters. The minimum absolute atomic E-state index is 0.00348. The van der Waals surface area contributed by atoms with Gasteiger partial charge in [-0.05, 0) is 12.1 Å². The van der Waals surface area contributed by atoms with Gasteiger partial charge >= 0.3 is 0 Å². The molecule has 19 heavy (non-hydrogen) atoms. The summed E-state index contributed by atoms with van der Waals surface area (Å²) in [6.07, 6.45) is 1.60. The number of hydrogen-bond donors (Lipinski definition) is 0. The van der Waals surface area contributed by atoms with Crippen molar-refractivity contribution in [1.29, 1.82) is 0 Å². The number of nitrogens with zero attached hydrogens (tertiary/aromatic N) is 3. The maximum absolute atomic E-state index is 13.5. The van der Waals surface area contributed by atoms with E-state index in [1.165, 1.54) is 23.0 Å². The summed E-state index contributed by atoms with van der Waals surface area (Å²) in [5.41, 5.74) is -0.237. The van der Waals surface area contributed by atoms with Crippen LogP contribution in [0.25, 0.3) is 10.9 Å². The zero-order valence-corrected chi connectivity index (χ0v) is 10.3. The fourth-order valence-electron chi connectivity index (χ4n) is 2.42. The van der Waals surface area contributed by atoms with Crippen molar-refractivity contribution >= 4 is 16.8 Å². The summed E-state index contributed by atoms with van der Waals surface area (Å²) in [4.78, 5) is 29.4. The molecule has 1 saturated heterocycles. The van der Waals surface area contributed by atoms with Crippen molar-refractivity contribution < 1.29 is 9.18 Å². The van der Waals surface area contributed by atoms with Crippen LogP contribution in [0.15, 0.2) is 29.3 Å². The van der Waals surface area contributed by atoms with E-state index in [0.29, 0.717) is 6.54 Å². The lowest BCUT2D eigenvalue weighted by Crippen LogP contribution is -2.27. The molecule has 1 aliphatic rings. The van der Waals surface area contributed by atoms with Gasteiger partial charge in [-0.1, -0.05) is 6.07 Å². The summed E-state index contributed by atoms with van der Waals surface area (Å²) >= 11 is 0. The van der Waals surface area contributed by atoms with Crippen molar-refractivity contribution in [3.63, 3.8) is 0 Å². The van der Waals surface area contributed by atoms with Crippen LogP contribution in [0.4, 0.5) is 4.39 Å². The molecule has 0 saturated carbocycles. The highest BCUT2D eigenvalue weighted by molar-refractivity contribution is 5.79. The third-order valence-corrected chi connectivity index (χ3v) is 3.48. The number of para-hydroxylation sites is 1. The molecule has 2 heterocycles. The molecular weight excluding hydrogens is 249 g/mol. The van der Waals surface area contributed by atoms with Gasteiger partial charge in [-0.2, -0.15) is 0 Å². The maximum Gasteiger partial charge on any atom is 0.261 e. The first kappa shape index (κ1) is 11.8. The summed E-state index contributed by atoms with van der Waals surface area (Å²) < 4.78 is 14.9. The Kier molecular flexibility index (Phi) is 2.58. The van der Waals surface area contributed by atoms with E-state index in [9.17, 15) is 14.0 Å². The third-order valence-electron chi connectivity index (χ3n) is 3.48. The minimum Gasteiger partial charge on any atom is -0.344 e. The summed E-state index contributed by atoms with van der Waals surface area (Å²) in [6, 6.07) is 4.07. The normalized spacial score (nSPS) is 19.4. The van der Waals surface area contributed by atoms with Crippen LogP contribution in [0.5, 0.6) is 0 Å². The second-order valence-electron chi connectivity index (χ2n) is 4.73. The number of fused-ring (bicyclic) bond motifs is 1. The lowest BCUT2D eigenvalue weighted by atomic mass is 10.2. The van der Waals surface area contributed by atoms with Gasteiger partial charge < -0.3 is 4.90 Å². The molecule has 0 N–H and O–H groups in total. The molecule has 3 rings (SSSR count). The van der Waals surface area contributed by atoms with Gasteiger partial charge in [0.1, 0.15) is 11.3 Å². The third kappa shape index (κ3) is 1.80. The molecule has 1 aliphatic heterocycles. The summed E-state index contributed by atoms with van der Waals surface area (Å²) in [7, 11) is 1.70. The first-order valence-electron chi connectivity index (χ1n) is 5.97. The molecule has 5 nitrogen and oxygen atoms in total. The Hall–Kier alpha value is -2.24. The highest BCUT2D eigenvalue weighted by Crippen LogP contribution is 2.20. The van der Waals surface area contributed by atoms with Crippen LogP contribution < -0.4 is 5.56 Å². The Morgan fingerprint density at radius 3 is 2.84 bits per heavy atom. The molecule has 2 aromatic rings. The van der Waals surface area contributed by atoms with Crippen molar-refractivity contribution in [2.24, 2.45) is 0 Å². The van der Waals surface area contributed by atoms with Gasteiger partial charge in [-0.15, -0.1) is 0 Å². The number of likely N-dealkylation sites (N-methyl/N-ethyl adjacent to an activating group) is 1. The molecule has 6 heteroatoms. The molecule has 0 aliphatic carbocycles. The number of halogens is 1. The summed E-state index contributed by atoms with van der Waals surface area (Å²) in [5, 5.41) is 0.240. The molecule has 0 radical (unpaired) electrons. The highest BCUT2D eigenvalue weighted by Gasteiger charge is 2.29. The van der Waals surface area contributed by atoms with Gasteiger partial charge in [-0.25, -0.2) is 9.37 Å². The fourth-order valence-corrected chi connectivity index (χ4v) is 2.42. The topological polar surface area (TPSA) is 55.2 Å². The number of amides is 1. The molecule has 0 spiro atoms. The second kappa shape index (κ2) is 4.15. The average Bonchev–Trinajstić information content (AvgIpc) is 2.71. The van der Waals surface area contributed by atoms with Gasteiger partial charge in [-0.3, -0.25) is 14.2 Å². The molecular formula is C13H12FN3O2. The zero-order chi connectivity index (χ0) is 13.6. The lowest BCUT2D eigenvalue weighted by molar-refractivity contribution is -0.126. The number of rotatable bonds is 1. The Bertz CT molecular complexity index is 725. The average molecular weight is 261 g/mol. The van der Waals surface area contributed by atoms with Gasteiger partial charge in [0.15, 0.2) is 0 Å². The van der Waals surface area contributed by atoms with E-state index in [1.807, 2.05) is 0 Å². The first-order valence-corrected chi connectivity index (χ1v) is 5.97. The SMILES string of the molecule is CN1C[C@@H](n2cnc3c(F)cccc3c2=O)CC1=O. The standard InChI is InChI=1S/C13H12FN3O2/c1-16-6-8(5-11(16)18)17-7-15-12-9(13(17)19)3-2-4-10(12)14/h2-4,7-8H,5-6H2,1H3/t8-/m0/s1. The van der Waals surface area contributed by atoms with E-state index >= 15 is 0 Å². The van der Waals surface area contributed by atoms with Gasteiger partial charge in [0.25, 0.3) is 5.56 Å². The van der Waals surface area contributed by atoms with E-state index in [-0.39, 0.29) is 34.8 Å². The van der Waals surface area contributed by atoms with E-state index in [0.717, 1.165) is 0 Å². The Balaban J connectivity index is 2.14. The van der Waals surface area contributed by atoms with Crippen LogP contribution in [0, 0.1) is 5.82 Å². The molecule has 1 amide bonds. The molecule has 98 valence electrons. The number of likely N-dealkylation sites (tertiary alicyclic amines) is 1. The van der Waals surface area contributed by atoms with E-state index < -0.39 is 5.82 Å². The predicted octanol–water partition coefficient (Wildman–Crippen LogP) is 0.939. The Morgan fingerprint density at radius 1 is 1.37 bits per heavy atom. The predicted molar refractivity (Wildman–Crippen MR) is 67.3 cm³/mol. The molecule has 1 fully saturated rings. The van der Waals surface area contributed by atoms with Crippen molar-refractivity contribution in [3.8, 4) is 0 Å². The zero-order valence-electron chi connectivity index (χ0n) is 10.3. The van der Waals surface area contributed by atoms with E-state index in [2.05, 4.69) is 4.98 Å². The van der Waals surface area contributed by atoms with Gasteiger partial charge in [0, 0.05) is 20.0 Å². The van der Waals surface area contributed by atoms with E-state index in [4.69, 9.17) is 0 Å². The Morgan fingerprint density at radius 2 is 2.16 bits per heavy atom. The summed E-state index contributed by atoms with van der Waals surface area (Å²) in [6.45, 7) is 0.473. The molecule has 1 aromatic carbocycles. The monoisotopic (exact) mass is 261 g/mol. The van der Waals surface area contributed by atoms with Crippen molar-refractivity contribution in [2.45, 2.75) is 12.5 Å². The van der Waals surface area contributed by atoms with Crippen LogP contribution in [-0.4, -0.2) is 34.0 Å². The van der Waals surface area contributed by atoms with Gasteiger partial charge in [0.05, 0.1) is 17.8 Å². The van der Waals surface area contributed by atoms with Crippen LogP contribution in [0.3, 0.4) is 0 Å². The van der Waals surface area contributed by atoms with Crippen LogP contribution in [0.1, 0.15) is 12.5 Å². The number of carbonyl (C=O) groups excluding carboxylic acids is 1. The lowest BCUT2D eigenvalue weighted by Gasteiger charge is -2.13. The van der Waals surface area contributed by atoms with Gasteiger partial charge in [0.2, 0.25) is 5.91 Å². The maximum atomic E-state index is 13.5. The van der Waals surface area contributed by atoms with E-state index in [1.54, 1.807) is 18.0 Å². The molecule has 1 aromatic heterocycles. The van der Waals surface area contributed by atoms with Crippen LogP contribution >= 0.6 is 0 Å². The largest absolute Gasteiger partial charge is 0.344 e. The molecule has 1 atom stereocenters. The second-order valence-corrected chi connectivity index (χ2v) is 4.73. The molecule has 0 bridgehead atoms. The van der Waals surface area contributed by atoms with Crippen molar-refractivity contribution in [1.82, 2.24) is 14.5 Å². The number of aromatic nitrogens is 2. The van der Waals surface area contributed by atoms with Crippen LogP contribution in [-0.2, 0) is 4.79 Å². The smallest absolute Gasteiger partial charge is 0.261 e. The number of hydrogen-bond acceptors (Lipinski definition) is 3. The van der Waals surface area contributed by atoms with Crippen LogP contribution in [0.2, 0.25) is 0 Å². The summed E-state index contributed by atoms with van der Waals surface area (Å²) in [5.74, 6) is -0.516. The highest BCUT2D eigenvalue weighted by atomic mass is 19.1. The van der Waals surface area contributed by atoms with Crippen molar-refractivity contribution in [3.05, 3.63) is 40.7 Å². The number of benzene rings is 1. The van der Waals surface area contributed by atoms with Crippen molar-refractivity contribution in [2.75, 3.05) is 13.6 Å².